The lowest BCUT2D eigenvalue weighted by Crippen LogP contribution is -2.59. The van der Waals surface area contributed by atoms with Gasteiger partial charge in [-0.25, -0.2) is 0 Å². The smallest absolute Gasteiger partial charge is 0.324 e. The molecule has 0 spiro atoms. The van der Waals surface area contributed by atoms with Gasteiger partial charge in [0.2, 0.25) is 0 Å². The van der Waals surface area contributed by atoms with Crippen molar-refractivity contribution in [3.05, 3.63) is 74.8 Å². The summed E-state index contributed by atoms with van der Waals surface area (Å²) in [6, 6.07) is 10.3. The molecule has 2 aromatic heterocycles. The van der Waals surface area contributed by atoms with Crippen molar-refractivity contribution >= 4 is 34.6 Å². The van der Waals surface area contributed by atoms with Gasteiger partial charge < -0.3 is 5.11 Å². The molecule has 1 aromatic carbocycles. The van der Waals surface area contributed by atoms with Crippen LogP contribution in [0.25, 0.3) is 5.69 Å². The average molecular weight is 377 g/mol. The summed E-state index contributed by atoms with van der Waals surface area (Å²) in [5, 5.41) is 17.9. The summed E-state index contributed by atoms with van der Waals surface area (Å²) in [4.78, 5) is 14.7. The van der Waals surface area contributed by atoms with Crippen molar-refractivity contribution in [1.29, 1.82) is 0 Å². The maximum Gasteiger partial charge on any atom is 0.324 e. The van der Waals surface area contributed by atoms with E-state index in [0.717, 1.165) is 0 Å². The number of aromatic hydroxyl groups is 1. The van der Waals surface area contributed by atoms with Crippen molar-refractivity contribution in [2.24, 2.45) is 5.11 Å². The first-order valence-electron chi connectivity index (χ1n) is 7.31. The molecule has 2 heterocycles. The van der Waals surface area contributed by atoms with Crippen molar-refractivity contribution < 1.29 is 14.8 Å². The maximum atomic E-state index is 12.3. The van der Waals surface area contributed by atoms with Crippen LogP contribution in [0.2, 0.25) is 10.0 Å². The molecule has 0 atom stereocenters. The number of halogens is 2. The van der Waals surface area contributed by atoms with Crippen molar-refractivity contribution in [3.63, 3.8) is 0 Å². The number of nitrogens with zero attached hydrogens (tertiary/aromatic N) is 2. The van der Waals surface area contributed by atoms with Gasteiger partial charge in [0.15, 0.2) is 18.1 Å². The Balaban J connectivity index is 2.13. The zero-order valence-corrected chi connectivity index (χ0v) is 14.6. The Hall–Kier alpha value is -2.70. The van der Waals surface area contributed by atoms with Gasteiger partial charge in [0.1, 0.15) is 5.56 Å². The Morgan fingerprint density at radius 1 is 1.20 bits per heavy atom. The molecule has 0 aliphatic rings. The molecule has 0 fully saturated rings. The van der Waals surface area contributed by atoms with E-state index in [4.69, 9.17) is 23.2 Å². The van der Waals surface area contributed by atoms with Gasteiger partial charge in [0, 0.05) is 17.2 Å². The van der Waals surface area contributed by atoms with Crippen LogP contribution in [0.4, 0.5) is 11.4 Å². The summed E-state index contributed by atoms with van der Waals surface area (Å²) in [5.41, 5.74) is 1.15. The lowest BCUT2D eigenvalue weighted by molar-refractivity contribution is -0.597. The molecular formula is C17H14Cl2N4O2+2. The van der Waals surface area contributed by atoms with Gasteiger partial charge in [0.05, 0.1) is 5.02 Å². The van der Waals surface area contributed by atoms with Gasteiger partial charge in [-0.05, 0) is 30.2 Å². The van der Waals surface area contributed by atoms with E-state index < -0.39 is 5.56 Å². The number of aromatic nitrogens is 2. The zero-order valence-electron chi connectivity index (χ0n) is 13.1. The summed E-state index contributed by atoms with van der Waals surface area (Å²) >= 11 is 12.0. The molecular weight excluding hydrogens is 363 g/mol. The number of aromatic amines is 1. The molecule has 0 saturated carbocycles. The van der Waals surface area contributed by atoms with Gasteiger partial charge in [-0.2, -0.15) is 4.57 Å². The molecule has 0 amide bonds. The second kappa shape index (κ2) is 7.04. The molecule has 0 unspecified atom stereocenters. The van der Waals surface area contributed by atoms with E-state index in [1.165, 1.54) is 0 Å². The minimum Gasteiger partial charge on any atom is -0.490 e. The number of rotatable bonds is 3. The molecule has 0 aliphatic heterocycles. The van der Waals surface area contributed by atoms with Gasteiger partial charge in [-0.1, -0.05) is 34.4 Å². The molecule has 3 N–H and O–H groups in total. The van der Waals surface area contributed by atoms with Crippen LogP contribution in [0, 0.1) is 6.92 Å². The molecule has 8 heteroatoms. The number of azo groups is 1. The average Bonchev–Trinajstić information content (AvgIpc) is 2.58. The van der Waals surface area contributed by atoms with Crippen molar-refractivity contribution in [3.8, 4) is 11.6 Å². The van der Waals surface area contributed by atoms with Crippen LogP contribution in [0.1, 0.15) is 5.56 Å². The number of nitrogens with one attached hydrogen (secondary N) is 2. The third-order valence-electron chi connectivity index (χ3n) is 3.58. The fourth-order valence-electron chi connectivity index (χ4n) is 2.38. The van der Waals surface area contributed by atoms with E-state index in [1.54, 1.807) is 54.2 Å². The van der Waals surface area contributed by atoms with E-state index in [9.17, 15) is 9.90 Å². The van der Waals surface area contributed by atoms with E-state index in [2.05, 4.69) is 15.2 Å². The predicted molar refractivity (Wildman–Crippen MR) is 94.2 cm³/mol. The Morgan fingerprint density at radius 2 is 1.92 bits per heavy atom. The third kappa shape index (κ3) is 3.55. The first kappa shape index (κ1) is 17.1. The second-order valence-corrected chi connectivity index (χ2v) is 6.10. The van der Waals surface area contributed by atoms with Gasteiger partial charge in [0.25, 0.3) is 17.3 Å². The third-order valence-corrected chi connectivity index (χ3v) is 4.14. The van der Waals surface area contributed by atoms with Crippen LogP contribution >= 0.6 is 23.2 Å². The highest BCUT2D eigenvalue weighted by Crippen LogP contribution is 2.27. The Morgan fingerprint density at radius 3 is 2.64 bits per heavy atom. The molecule has 6 nitrogen and oxygen atoms in total. The highest BCUT2D eigenvalue weighted by atomic mass is 35.5. The number of hydrogen-bond donors (Lipinski definition) is 3. The molecule has 3 aromatic rings. The molecule has 3 rings (SSSR count). The summed E-state index contributed by atoms with van der Waals surface area (Å²) in [6.07, 6.45) is 3.48. The number of H-pyrrole nitrogens is 1. The SMILES string of the molecule is Cc1c([NH+]=Nc2cc(Cl)ccc2Cl)c(O)[nH]c(=O)c1-[n+]1ccccc1. The fourth-order valence-corrected chi connectivity index (χ4v) is 2.70. The van der Waals surface area contributed by atoms with E-state index in [-0.39, 0.29) is 11.6 Å². The molecule has 126 valence electrons. The van der Waals surface area contributed by atoms with Crippen LogP contribution in [0.15, 0.2) is 58.7 Å². The number of benzene rings is 1. The topological polar surface area (TPSA) is 83.3 Å². The number of pyridine rings is 2. The standard InChI is InChI=1S/C17H12Cl2N4O2/c1-10-14(22-21-13-9-11(18)5-6-12(13)19)16(24)20-17(25)15(10)23-7-3-2-4-8-23/h2-9H,1H3,(H-,20,21,24,25)/p+2. The van der Waals surface area contributed by atoms with Crippen LogP contribution in [0.5, 0.6) is 5.88 Å². The summed E-state index contributed by atoms with van der Waals surface area (Å²) in [5.74, 6) is -0.315. The maximum absolute atomic E-state index is 12.3. The zero-order chi connectivity index (χ0) is 18.0. The van der Waals surface area contributed by atoms with Gasteiger partial charge in [-0.3, -0.25) is 9.78 Å². The van der Waals surface area contributed by atoms with Gasteiger partial charge >= 0.3 is 5.56 Å². The van der Waals surface area contributed by atoms with Gasteiger partial charge in [-0.15, -0.1) is 0 Å². The van der Waals surface area contributed by atoms with Crippen molar-refractivity contribution in [2.45, 2.75) is 6.92 Å². The quantitative estimate of drug-likeness (QED) is 0.484. The van der Waals surface area contributed by atoms with E-state index >= 15 is 0 Å². The number of hydrogen-bond acceptors (Lipinski definition) is 3. The lowest BCUT2D eigenvalue weighted by atomic mass is 10.2. The largest absolute Gasteiger partial charge is 0.490 e. The summed E-state index contributed by atoms with van der Waals surface area (Å²) < 4.78 is 1.66. The van der Waals surface area contributed by atoms with Crippen LogP contribution < -0.4 is 15.2 Å². The van der Waals surface area contributed by atoms with E-state index in [1.807, 2.05) is 6.07 Å². The molecule has 0 bridgehead atoms. The minimum absolute atomic E-state index is 0.266. The fraction of sp³-hybridized carbons (Fsp3) is 0.0588. The van der Waals surface area contributed by atoms with E-state index in [0.29, 0.717) is 27.0 Å². The van der Waals surface area contributed by atoms with Crippen LogP contribution in [-0.2, 0) is 0 Å². The van der Waals surface area contributed by atoms with Crippen LogP contribution in [0.3, 0.4) is 0 Å². The Kier molecular flexibility index (Phi) is 4.83. The molecule has 0 saturated heterocycles. The normalized spacial score (nSPS) is 11.2. The lowest BCUT2D eigenvalue weighted by Gasteiger charge is -2.01. The monoisotopic (exact) mass is 376 g/mol. The Bertz CT molecular complexity index is 1020. The predicted octanol–water partition coefficient (Wildman–Crippen LogP) is 2.47. The molecule has 0 aliphatic carbocycles. The molecule has 25 heavy (non-hydrogen) atoms. The summed E-state index contributed by atoms with van der Waals surface area (Å²) in [7, 11) is 0. The van der Waals surface area contributed by atoms with Crippen molar-refractivity contribution in [1.82, 2.24) is 4.98 Å². The Labute approximate surface area is 153 Å². The van der Waals surface area contributed by atoms with Crippen molar-refractivity contribution in [2.75, 3.05) is 0 Å². The highest BCUT2D eigenvalue weighted by Gasteiger charge is 2.25. The highest BCUT2D eigenvalue weighted by molar-refractivity contribution is 6.35. The first-order chi connectivity index (χ1) is 12.0. The molecule has 0 radical (unpaired) electrons. The second-order valence-electron chi connectivity index (χ2n) is 5.25. The van der Waals surface area contributed by atoms with Crippen LogP contribution in [-0.4, -0.2) is 10.1 Å². The first-order valence-corrected chi connectivity index (χ1v) is 8.07. The summed E-state index contributed by atoms with van der Waals surface area (Å²) in [6.45, 7) is 1.71. The minimum atomic E-state index is -0.419.